The average Bonchev–Trinajstić information content (AvgIpc) is 2.79. The Balaban J connectivity index is 2.43. The molecule has 0 aliphatic carbocycles. The molecule has 192 valence electrons. The number of anilines is 1. The number of sulfonamides is 1. The predicted molar refractivity (Wildman–Crippen MR) is 145 cm³/mol. The molecule has 0 aliphatic heterocycles. The molecule has 0 saturated heterocycles. The molecular formula is C26H36BrN3O4S. The van der Waals surface area contributed by atoms with E-state index in [9.17, 15) is 18.0 Å². The molecule has 0 spiro atoms. The van der Waals surface area contributed by atoms with Crippen molar-refractivity contribution in [3.05, 3.63) is 63.6 Å². The van der Waals surface area contributed by atoms with Gasteiger partial charge in [0.2, 0.25) is 21.8 Å². The second kappa shape index (κ2) is 13.1. The Morgan fingerprint density at radius 1 is 1.06 bits per heavy atom. The number of rotatable bonds is 12. The fraction of sp³-hybridized carbons (Fsp3) is 0.462. The van der Waals surface area contributed by atoms with E-state index in [0.29, 0.717) is 18.7 Å². The summed E-state index contributed by atoms with van der Waals surface area (Å²) in [6, 6.07) is 12.1. The Morgan fingerprint density at radius 3 is 2.31 bits per heavy atom. The molecule has 1 atom stereocenters. The maximum absolute atomic E-state index is 13.7. The number of carbonyl (C=O) groups is 2. The fourth-order valence-electron chi connectivity index (χ4n) is 3.79. The first kappa shape index (κ1) is 28.8. The van der Waals surface area contributed by atoms with Crippen molar-refractivity contribution in [1.82, 2.24) is 10.2 Å². The minimum atomic E-state index is -3.76. The molecule has 0 unspecified atom stereocenters. The van der Waals surface area contributed by atoms with Gasteiger partial charge in [0.05, 0.1) is 11.9 Å². The third-order valence-electron chi connectivity index (χ3n) is 5.93. The van der Waals surface area contributed by atoms with Crippen LogP contribution in [0.5, 0.6) is 0 Å². The van der Waals surface area contributed by atoms with Crippen molar-refractivity contribution in [2.75, 3.05) is 23.7 Å². The van der Waals surface area contributed by atoms with E-state index in [1.54, 1.807) is 18.2 Å². The summed E-state index contributed by atoms with van der Waals surface area (Å²) in [5, 5.41) is 2.93. The van der Waals surface area contributed by atoms with Crippen molar-refractivity contribution in [2.24, 2.45) is 0 Å². The lowest BCUT2D eigenvalue weighted by Crippen LogP contribution is -2.52. The molecule has 0 radical (unpaired) electrons. The Hall–Kier alpha value is -2.39. The zero-order valence-corrected chi connectivity index (χ0v) is 23.6. The number of nitrogens with one attached hydrogen (secondary N) is 1. The predicted octanol–water partition coefficient (Wildman–Crippen LogP) is 4.56. The normalized spacial score (nSPS) is 12.2. The molecule has 0 heterocycles. The monoisotopic (exact) mass is 565 g/mol. The summed E-state index contributed by atoms with van der Waals surface area (Å²) in [5.74, 6) is -0.662. The number of carbonyl (C=O) groups excluding carboxylic acids is 2. The van der Waals surface area contributed by atoms with E-state index < -0.39 is 28.5 Å². The van der Waals surface area contributed by atoms with Crippen LogP contribution in [0.15, 0.2) is 46.9 Å². The van der Waals surface area contributed by atoms with Crippen LogP contribution in [0.4, 0.5) is 5.69 Å². The molecule has 35 heavy (non-hydrogen) atoms. The molecule has 2 aromatic rings. The summed E-state index contributed by atoms with van der Waals surface area (Å²) in [6.45, 7) is 8.05. The van der Waals surface area contributed by atoms with E-state index in [1.807, 2.05) is 52.0 Å². The molecule has 1 N–H and O–H groups in total. The average molecular weight is 567 g/mol. The molecule has 2 aromatic carbocycles. The second-order valence-corrected chi connectivity index (χ2v) is 11.5. The molecule has 0 bridgehead atoms. The molecular weight excluding hydrogens is 530 g/mol. The second-order valence-electron chi connectivity index (χ2n) is 8.72. The van der Waals surface area contributed by atoms with Crippen LogP contribution in [0.2, 0.25) is 0 Å². The van der Waals surface area contributed by atoms with Gasteiger partial charge in [-0.2, -0.15) is 0 Å². The Morgan fingerprint density at radius 2 is 1.74 bits per heavy atom. The van der Waals surface area contributed by atoms with E-state index >= 15 is 0 Å². The van der Waals surface area contributed by atoms with Gasteiger partial charge in [-0.05, 0) is 61.6 Å². The molecule has 2 rings (SSSR count). The number of hydrogen-bond acceptors (Lipinski definition) is 4. The van der Waals surface area contributed by atoms with Crippen molar-refractivity contribution >= 4 is 43.5 Å². The molecule has 9 heteroatoms. The Labute approximate surface area is 218 Å². The van der Waals surface area contributed by atoms with Crippen LogP contribution < -0.4 is 9.62 Å². The summed E-state index contributed by atoms with van der Waals surface area (Å²) < 4.78 is 27.4. The highest BCUT2D eigenvalue weighted by molar-refractivity contribution is 9.10. The van der Waals surface area contributed by atoms with Crippen LogP contribution in [0.25, 0.3) is 0 Å². The molecule has 7 nitrogen and oxygen atoms in total. The van der Waals surface area contributed by atoms with E-state index in [0.717, 1.165) is 44.6 Å². The van der Waals surface area contributed by atoms with Crippen molar-refractivity contribution in [2.45, 2.75) is 59.5 Å². The number of nitrogens with zero attached hydrogens (tertiary/aromatic N) is 2. The Kier molecular flexibility index (Phi) is 10.8. The van der Waals surface area contributed by atoms with Gasteiger partial charge < -0.3 is 10.2 Å². The lowest BCUT2D eigenvalue weighted by atomic mass is 10.1. The minimum Gasteiger partial charge on any atom is -0.354 e. The van der Waals surface area contributed by atoms with Gasteiger partial charge in [0, 0.05) is 17.6 Å². The zero-order valence-electron chi connectivity index (χ0n) is 21.2. The Bertz CT molecular complexity index is 1140. The van der Waals surface area contributed by atoms with Crippen LogP contribution in [0.3, 0.4) is 0 Å². The number of hydrogen-bond donors (Lipinski definition) is 1. The van der Waals surface area contributed by atoms with E-state index in [2.05, 4.69) is 21.2 Å². The van der Waals surface area contributed by atoms with E-state index in [-0.39, 0.29) is 12.5 Å². The minimum absolute atomic E-state index is 0.210. The van der Waals surface area contributed by atoms with E-state index in [4.69, 9.17) is 0 Å². The van der Waals surface area contributed by atoms with Gasteiger partial charge in [-0.1, -0.05) is 60.5 Å². The third-order valence-corrected chi connectivity index (χ3v) is 7.96. The number of halogens is 1. The van der Waals surface area contributed by atoms with Crippen molar-refractivity contribution in [3.63, 3.8) is 0 Å². The van der Waals surface area contributed by atoms with Gasteiger partial charge in [0.1, 0.15) is 12.6 Å². The highest BCUT2D eigenvalue weighted by Crippen LogP contribution is 2.25. The maximum atomic E-state index is 13.7. The lowest BCUT2D eigenvalue weighted by Gasteiger charge is -2.33. The van der Waals surface area contributed by atoms with Gasteiger partial charge in [0.15, 0.2) is 0 Å². The van der Waals surface area contributed by atoms with Crippen LogP contribution in [0.1, 0.15) is 49.8 Å². The van der Waals surface area contributed by atoms with Crippen LogP contribution >= 0.6 is 15.9 Å². The zero-order chi connectivity index (χ0) is 26.2. The van der Waals surface area contributed by atoms with Gasteiger partial charge >= 0.3 is 0 Å². The van der Waals surface area contributed by atoms with Gasteiger partial charge in [-0.15, -0.1) is 0 Å². The highest BCUT2D eigenvalue weighted by atomic mass is 79.9. The summed E-state index contributed by atoms with van der Waals surface area (Å²) in [5.41, 5.74) is 3.15. The van der Waals surface area contributed by atoms with Crippen molar-refractivity contribution in [1.29, 1.82) is 0 Å². The standard InChI is InChI=1S/C26H36BrN3O4S/c1-6-8-15-28-26(32)24(7-2)29(17-21-12-10-9-11-19(21)3)25(31)18-30(35(5,33)34)22-13-14-23(27)20(4)16-22/h9-14,16,24H,6-8,15,17-18H2,1-5H3,(H,28,32)/t24-/m1/s1. The van der Waals surface area contributed by atoms with E-state index in [1.165, 1.54) is 4.90 Å². The summed E-state index contributed by atoms with van der Waals surface area (Å²) in [7, 11) is -3.76. The SMILES string of the molecule is CCCCNC(=O)[C@@H](CC)N(Cc1ccccc1C)C(=O)CN(c1ccc(Br)c(C)c1)S(C)(=O)=O. The topological polar surface area (TPSA) is 86.8 Å². The smallest absolute Gasteiger partial charge is 0.244 e. The third kappa shape index (κ3) is 8.07. The van der Waals surface area contributed by atoms with Crippen LogP contribution in [-0.2, 0) is 26.2 Å². The van der Waals surface area contributed by atoms with Crippen molar-refractivity contribution < 1.29 is 18.0 Å². The van der Waals surface area contributed by atoms with Crippen molar-refractivity contribution in [3.8, 4) is 0 Å². The summed E-state index contributed by atoms with van der Waals surface area (Å²) in [4.78, 5) is 28.3. The first-order valence-electron chi connectivity index (χ1n) is 11.8. The maximum Gasteiger partial charge on any atom is 0.244 e. The molecule has 0 saturated carbocycles. The molecule has 0 fully saturated rings. The summed E-state index contributed by atoms with van der Waals surface area (Å²) in [6.07, 6.45) is 3.28. The molecule has 2 amide bonds. The molecule has 0 aliphatic rings. The first-order chi connectivity index (χ1) is 16.5. The highest BCUT2D eigenvalue weighted by Gasteiger charge is 2.32. The lowest BCUT2D eigenvalue weighted by molar-refractivity contribution is -0.140. The molecule has 0 aromatic heterocycles. The summed E-state index contributed by atoms with van der Waals surface area (Å²) >= 11 is 3.43. The number of unbranched alkanes of at least 4 members (excludes halogenated alkanes) is 1. The quantitative estimate of drug-likeness (QED) is 0.382. The first-order valence-corrected chi connectivity index (χ1v) is 14.5. The number of benzene rings is 2. The van der Waals surface area contributed by atoms with Gasteiger partial charge in [-0.25, -0.2) is 8.42 Å². The van der Waals surface area contributed by atoms with Gasteiger partial charge in [-0.3, -0.25) is 13.9 Å². The number of amides is 2. The van der Waals surface area contributed by atoms with Gasteiger partial charge in [0.25, 0.3) is 0 Å². The van der Waals surface area contributed by atoms with Crippen LogP contribution in [-0.4, -0.2) is 50.5 Å². The number of aryl methyl sites for hydroxylation is 2. The van der Waals surface area contributed by atoms with Crippen LogP contribution in [0, 0.1) is 13.8 Å². The fourth-order valence-corrected chi connectivity index (χ4v) is 4.88. The largest absolute Gasteiger partial charge is 0.354 e.